The number of hydrogen-bond acceptors (Lipinski definition) is 8. The molecule has 0 aromatic heterocycles. The molecule has 0 heterocycles. The van der Waals surface area contributed by atoms with E-state index in [2.05, 4.69) is 86.8 Å². The van der Waals surface area contributed by atoms with Gasteiger partial charge in [-0.3, -0.25) is 18.6 Å². The van der Waals surface area contributed by atoms with Crippen molar-refractivity contribution in [3.63, 3.8) is 0 Å². The van der Waals surface area contributed by atoms with Crippen LogP contribution in [0.4, 0.5) is 0 Å². The van der Waals surface area contributed by atoms with Gasteiger partial charge in [-0.1, -0.05) is 260 Å². The van der Waals surface area contributed by atoms with E-state index in [0.717, 1.165) is 64.2 Å². The summed E-state index contributed by atoms with van der Waals surface area (Å²) >= 11 is 0. The first kappa shape index (κ1) is 70.5. The van der Waals surface area contributed by atoms with Crippen molar-refractivity contribution in [1.29, 1.82) is 0 Å². The first-order valence-electron chi connectivity index (χ1n) is 30.4. The number of ether oxygens (including phenoxy) is 2. The molecule has 2 unspecified atom stereocenters. The van der Waals surface area contributed by atoms with E-state index in [-0.39, 0.29) is 38.6 Å². The third kappa shape index (κ3) is 58.6. The Kier molecular flexibility index (Phi) is 56.7. The van der Waals surface area contributed by atoms with E-state index in [1.165, 1.54) is 186 Å². The molecule has 3 N–H and O–H groups in total. The van der Waals surface area contributed by atoms with Crippen LogP contribution in [0.25, 0.3) is 0 Å². The Bertz CT molecular complexity index is 1420. The number of carbonyl (C=O) groups is 2. The van der Waals surface area contributed by atoms with E-state index in [4.69, 9.17) is 24.3 Å². The molecule has 424 valence electrons. The predicted molar refractivity (Wildman–Crippen MR) is 312 cm³/mol. The molecule has 0 bridgehead atoms. The fourth-order valence-corrected chi connectivity index (χ4v) is 9.37. The third-order valence-electron chi connectivity index (χ3n) is 13.1. The highest BCUT2D eigenvalue weighted by Gasteiger charge is 2.26. The molecule has 0 spiro atoms. The van der Waals surface area contributed by atoms with E-state index in [1.807, 2.05) is 0 Å². The van der Waals surface area contributed by atoms with Gasteiger partial charge in [0.2, 0.25) is 0 Å². The van der Waals surface area contributed by atoms with Crippen molar-refractivity contribution in [1.82, 2.24) is 0 Å². The first-order chi connectivity index (χ1) is 35.8. The van der Waals surface area contributed by atoms with E-state index in [1.54, 1.807) is 0 Å². The average molecular weight is 1040 g/mol. The quantitative estimate of drug-likeness (QED) is 0.0264. The first-order valence-corrected chi connectivity index (χ1v) is 31.9. The molecule has 2 atom stereocenters. The molecular weight excluding hydrogens is 930 g/mol. The lowest BCUT2D eigenvalue weighted by Gasteiger charge is -2.19. The lowest BCUT2D eigenvalue weighted by molar-refractivity contribution is -0.161. The van der Waals surface area contributed by atoms with Crippen LogP contribution in [0.2, 0.25) is 0 Å². The van der Waals surface area contributed by atoms with E-state index >= 15 is 0 Å². The Hall–Kier alpha value is -2.55. The van der Waals surface area contributed by atoms with Crippen molar-refractivity contribution in [2.75, 3.05) is 26.4 Å². The maximum absolute atomic E-state index is 12.7. The van der Waals surface area contributed by atoms with E-state index in [9.17, 15) is 19.0 Å². The lowest BCUT2D eigenvalue weighted by Crippen LogP contribution is -2.29. The van der Waals surface area contributed by atoms with Crippen LogP contribution in [0.15, 0.2) is 72.9 Å². The SMILES string of the molecule is CC/C=C\C/C=C\C/C=C\C/C=C\CCCCCCCCCCCCCCCCCCCCCCC(=O)OC(COC(=O)CCCCCCCCCCC/C=C\C/C=C\CCCCC)COP(=O)(O)OCCN. The molecule has 0 rings (SSSR count). The van der Waals surface area contributed by atoms with Gasteiger partial charge in [0.1, 0.15) is 6.61 Å². The normalized spacial score (nSPS) is 13.5. The summed E-state index contributed by atoms with van der Waals surface area (Å²) in [6, 6.07) is 0. The standard InChI is InChI=1S/C63H114NO8P/c1-3-5-7-9-11-13-15-17-19-21-23-24-25-26-27-28-29-30-31-32-33-34-35-36-38-40-42-44-46-48-50-52-54-56-63(66)72-61(60-71-73(67,68)70-58-57-64)59-69-62(65)55-53-51-49-47-45-43-41-39-37-22-20-18-16-14-12-10-8-6-4-2/h5,7,11-14,17-20,23-24,61H,3-4,6,8-10,15-16,21-22,25-60,64H2,1-2H3,(H,67,68)/b7-5-,13-11-,14-12-,19-17-,20-18-,24-23-. The number of rotatable bonds is 57. The third-order valence-corrected chi connectivity index (χ3v) is 14.1. The second-order valence-corrected chi connectivity index (χ2v) is 21.6. The Morgan fingerprint density at radius 1 is 0.425 bits per heavy atom. The van der Waals surface area contributed by atoms with Crippen LogP contribution in [0.1, 0.15) is 284 Å². The fourth-order valence-electron chi connectivity index (χ4n) is 8.60. The summed E-state index contributed by atoms with van der Waals surface area (Å²) in [6.07, 6.45) is 75.4. The summed E-state index contributed by atoms with van der Waals surface area (Å²) in [5.41, 5.74) is 5.39. The molecule has 0 aromatic carbocycles. The van der Waals surface area contributed by atoms with Gasteiger partial charge in [-0.15, -0.1) is 0 Å². The summed E-state index contributed by atoms with van der Waals surface area (Å²) in [5, 5.41) is 0. The van der Waals surface area contributed by atoms with Crippen LogP contribution in [0, 0.1) is 0 Å². The molecular formula is C63H114NO8P. The maximum Gasteiger partial charge on any atom is 0.472 e. The zero-order valence-corrected chi connectivity index (χ0v) is 48.3. The van der Waals surface area contributed by atoms with E-state index in [0.29, 0.717) is 6.42 Å². The molecule has 0 fully saturated rings. The summed E-state index contributed by atoms with van der Waals surface area (Å²) in [4.78, 5) is 35.2. The number of esters is 2. The van der Waals surface area contributed by atoms with Crippen LogP contribution >= 0.6 is 7.82 Å². The average Bonchev–Trinajstić information content (AvgIpc) is 3.38. The highest BCUT2D eigenvalue weighted by atomic mass is 31.2. The van der Waals surface area contributed by atoms with Gasteiger partial charge in [-0.05, 0) is 83.5 Å². The molecule has 0 aliphatic heterocycles. The number of nitrogens with two attached hydrogens (primary N) is 1. The molecule has 0 aliphatic carbocycles. The summed E-state index contributed by atoms with van der Waals surface area (Å²) in [5.74, 6) is -0.823. The smallest absolute Gasteiger partial charge is 0.462 e. The Balaban J connectivity index is 3.88. The zero-order valence-electron chi connectivity index (χ0n) is 47.4. The lowest BCUT2D eigenvalue weighted by atomic mass is 10.0. The second-order valence-electron chi connectivity index (χ2n) is 20.2. The van der Waals surface area contributed by atoms with Crippen LogP contribution in [0.5, 0.6) is 0 Å². The van der Waals surface area contributed by atoms with Gasteiger partial charge in [0, 0.05) is 19.4 Å². The number of phosphoric ester groups is 1. The second kappa shape index (κ2) is 58.7. The summed E-state index contributed by atoms with van der Waals surface area (Å²) in [7, 11) is -4.39. The largest absolute Gasteiger partial charge is 0.472 e. The molecule has 9 nitrogen and oxygen atoms in total. The van der Waals surface area contributed by atoms with Crippen molar-refractivity contribution in [2.45, 2.75) is 290 Å². The Morgan fingerprint density at radius 3 is 1.12 bits per heavy atom. The Morgan fingerprint density at radius 2 is 0.753 bits per heavy atom. The van der Waals surface area contributed by atoms with E-state index < -0.39 is 26.5 Å². The minimum atomic E-state index is -4.39. The molecule has 0 radical (unpaired) electrons. The van der Waals surface area contributed by atoms with Gasteiger partial charge in [0.25, 0.3) is 0 Å². The fraction of sp³-hybridized carbons (Fsp3) is 0.778. The van der Waals surface area contributed by atoms with Crippen LogP contribution in [0.3, 0.4) is 0 Å². The number of unbranched alkanes of at least 4 members (excludes halogenated alkanes) is 32. The van der Waals surface area contributed by atoms with Crippen LogP contribution in [-0.4, -0.2) is 49.3 Å². The zero-order chi connectivity index (χ0) is 53.1. The highest BCUT2D eigenvalue weighted by molar-refractivity contribution is 7.47. The van der Waals surface area contributed by atoms with Gasteiger partial charge in [-0.2, -0.15) is 0 Å². The molecule has 10 heteroatoms. The number of hydrogen-bond donors (Lipinski definition) is 2. The minimum Gasteiger partial charge on any atom is -0.462 e. The monoisotopic (exact) mass is 1040 g/mol. The molecule has 0 aliphatic rings. The van der Waals surface area contributed by atoms with Crippen LogP contribution in [-0.2, 0) is 32.7 Å². The highest BCUT2D eigenvalue weighted by Crippen LogP contribution is 2.43. The molecule has 0 amide bonds. The number of allylic oxidation sites excluding steroid dienone is 12. The number of carbonyl (C=O) groups excluding carboxylic acids is 2. The molecule has 0 saturated carbocycles. The topological polar surface area (TPSA) is 134 Å². The van der Waals surface area contributed by atoms with Gasteiger partial charge in [0.15, 0.2) is 6.10 Å². The molecule has 0 saturated heterocycles. The van der Waals surface area contributed by atoms with Crippen molar-refractivity contribution in [3.05, 3.63) is 72.9 Å². The predicted octanol–water partition coefficient (Wildman–Crippen LogP) is 19.3. The van der Waals surface area contributed by atoms with Gasteiger partial charge in [0.05, 0.1) is 13.2 Å². The van der Waals surface area contributed by atoms with Crippen molar-refractivity contribution >= 4 is 19.8 Å². The minimum absolute atomic E-state index is 0.0522. The number of phosphoric acid groups is 1. The van der Waals surface area contributed by atoms with Crippen molar-refractivity contribution in [3.8, 4) is 0 Å². The summed E-state index contributed by atoms with van der Waals surface area (Å²) in [6.45, 7) is 3.63. The van der Waals surface area contributed by atoms with Crippen molar-refractivity contribution < 1.29 is 37.6 Å². The van der Waals surface area contributed by atoms with Gasteiger partial charge >= 0.3 is 19.8 Å². The van der Waals surface area contributed by atoms with Gasteiger partial charge < -0.3 is 20.1 Å². The van der Waals surface area contributed by atoms with Gasteiger partial charge in [-0.25, -0.2) is 4.57 Å². The maximum atomic E-state index is 12.7. The Labute approximate surface area is 450 Å². The van der Waals surface area contributed by atoms with Crippen molar-refractivity contribution in [2.24, 2.45) is 5.73 Å². The molecule has 73 heavy (non-hydrogen) atoms. The summed E-state index contributed by atoms with van der Waals surface area (Å²) < 4.78 is 33.1. The molecule has 0 aromatic rings. The van der Waals surface area contributed by atoms with Crippen LogP contribution < -0.4 is 5.73 Å².